The van der Waals surface area contributed by atoms with Gasteiger partial charge in [0.15, 0.2) is 0 Å². The first-order valence-corrected chi connectivity index (χ1v) is 7.14. The van der Waals surface area contributed by atoms with Crippen LogP contribution < -0.4 is 5.73 Å². The normalized spacial score (nSPS) is 12.0. The highest BCUT2D eigenvalue weighted by Gasteiger charge is 2.16. The highest BCUT2D eigenvalue weighted by molar-refractivity contribution is 5.47. The van der Waals surface area contributed by atoms with Gasteiger partial charge in [-0.25, -0.2) is 4.68 Å². The molecule has 0 amide bonds. The Balaban J connectivity index is 1.99. The highest BCUT2D eigenvalue weighted by atomic mass is 16.3. The van der Waals surface area contributed by atoms with Crippen LogP contribution in [-0.2, 0) is 6.42 Å². The van der Waals surface area contributed by atoms with Gasteiger partial charge >= 0.3 is 0 Å². The van der Waals surface area contributed by atoms with E-state index in [2.05, 4.69) is 17.2 Å². The largest absolute Gasteiger partial charge is 0.396 e. The molecule has 110 valence electrons. The SMILES string of the molecule is N#Cc1cnn(C(CCO)CCCc2ccccc2)c1N. The maximum atomic E-state index is 9.22. The quantitative estimate of drug-likeness (QED) is 0.816. The number of aryl methyl sites for hydroxylation is 1. The van der Waals surface area contributed by atoms with Gasteiger partial charge in [0.2, 0.25) is 0 Å². The average Bonchev–Trinajstić information content (AvgIpc) is 2.88. The fourth-order valence-electron chi connectivity index (χ4n) is 2.47. The Morgan fingerprint density at radius 2 is 2.05 bits per heavy atom. The van der Waals surface area contributed by atoms with E-state index in [-0.39, 0.29) is 12.6 Å². The molecule has 21 heavy (non-hydrogen) atoms. The molecule has 1 atom stereocenters. The summed E-state index contributed by atoms with van der Waals surface area (Å²) in [5, 5.41) is 22.3. The summed E-state index contributed by atoms with van der Waals surface area (Å²) in [6, 6.07) is 12.3. The number of nitriles is 1. The van der Waals surface area contributed by atoms with E-state index >= 15 is 0 Å². The predicted octanol–water partition coefficient (Wildman–Crippen LogP) is 2.28. The Labute approximate surface area is 124 Å². The summed E-state index contributed by atoms with van der Waals surface area (Å²) in [5.41, 5.74) is 7.61. The molecule has 0 saturated carbocycles. The number of hydrogen-bond acceptors (Lipinski definition) is 4. The summed E-state index contributed by atoms with van der Waals surface area (Å²) in [6.45, 7) is 0.0805. The molecule has 0 saturated heterocycles. The average molecular weight is 284 g/mol. The lowest BCUT2D eigenvalue weighted by atomic mass is 10.0. The third-order valence-electron chi connectivity index (χ3n) is 3.61. The van der Waals surface area contributed by atoms with Crippen molar-refractivity contribution in [1.82, 2.24) is 9.78 Å². The van der Waals surface area contributed by atoms with Gasteiger partial charge < -0.3 is 10.8 Å². The summed E-state index contributed by atoms with van der Waals surface area (Å²) in [7, 11) is 0. The van der Waals surface area contributed by atoms with Crippen molar-refractivity contribution in [3.8, 4) is 6.07 Å². The second kappa shape index (κ2) is 7.46. The standard InChI is InChI=1S/C16H20N4O/c17-11-14-12-19-20(16(14)18)15(9-10-21)8-4-7-13-5-2-1-3-6-13/h1-3,5-6,12,15,21H,4,7-10,18H2. The molecule has 2 rings (SSSR count). The molecule has 0 aliphatic carbocycles. The van der Waals surface area contributed by atoms with Gasteiger partial charge in [0.25, 0.3) is 0 Å². The smallest absolute Gasteiger partial charge is 0.140 e. The van der Waals surface area contributed by atoms with Gasteiger partial charge in [-0.05, 0) is 31.2 Å². The number of aliphatic hydroxyl groups excluding tert-OH is 1. The third kappa shape index (κ3) is 3.83. The van der Waals surface area contributed by atoms with Crippen LogP contribution in [0.1, 0.15) is 36.4 Å². The Kier molecular flexibility index (Phi) is 5.35. The zero-order chi connectivity index (χ0) is 15.1. The minimum absolute atomic E-state index is 0.0285. The summed E-state index contributed by atoms with van der Waals surface area (Å²) >= 11 is 0. The lowest BCUT2D eigenvalue weighted by Crippen LogP contribution is -2.15. The number of aliphatic hydroxyl groups is 1. The first-order chi connectivity index (χ1) is 10.3. The molecule has 2 aromatic rings. The van der Waals surface area contributed by atoms with Crippen molar-refractivity contribution in [3.05, 3.63) is 47.7 Å². The number of anilines is 1. The minimum Gasteiger partial charge on any atom is -0.396 e. The molecule has 1 heterocycles. The van der Waals surface area contributed by atoms with Crippen LogP contribution in [0.4, 0.5) is 5.82 Å². The Bertz CT molecular complexity index is 600. The molecule has 5 heteroatoms. The molecule has 0 spiro atoms. The maximum Gasteiger partial charge on any atom is 0.140 e. The lowest BCUT2D eigenvalue weighted by Gasteiger charge is -2.18. The van der Waals surface area contributed by atoms with Crippen LogP contribution in [0.15, 0.2) is 36.5 Å². The van der Waals surface area contributed by atoms with Gasteiger partial charge in [-0.2, -0.15) is 10.4 Å². The molecule has 5 nitrogen and oxygen atoms in total. The van der Waals surface area contributed by atoms with Crippen LogP contribution in [-0.4, -0.2) is 21.5 Å². The molecule has 0 aliphatic rings. The molecule has 0 radical (unpaired) electrons. The van der Waals surface area contributed by atoms with E-state index in [0.29, 0.717) is 17.8 Å². The van der Waals surface area contributed by atoms with Crippen LogP contribution in [0.2, 0.25) is 0 Å². The van der Waals surface area contributed by atoms with Crippen molar-refractivity contribution >= 4 is 5.82 Å². The Hall–Kier alpha value is -2.32. The van der Waals surface area contributed by atoms with Gasteiger partial charge in [0.05, 0.1) is 12.2 Å². The van der Waals surface area contributed by atoms with Crippen LogP contribution in [0.3, 0.4) is 0 Å². The van der Waals surface area contributed by atoms with E-state index in [1.54, 1.807) is 4.68 Å². The van der Waals surface area contributed by atoms with Crippen LogP contribution in [0.25, 0.3) is 0 Å². The number of rotatable bonds is 7. The molecule has 0 fully saturated rings. The molecule has 1 unspecified atom stereocenters. The fourth-order valence-corrected chi connectivity index (χ4v) is 2.47. The van der Waals surface area contributed by atoms with E-state index in [1.165, 1.54) is 11.8 Å². The predicted molar refractivity (Wildman–Crippen MR) is 81.5 cm³/mol. The van der Waals surface area contributed by atoms with Crippen molar-refractivity contribution in [2.45, 2.75) is 31.7 Å². The molecule has 3 N–H and O–H groups in total. The van der Waals surface area contributed by atoms with Crippen molar-refractivity contribution in [2.24, 2.45) is 0 Å². The summed E-state index contributed by atoms with van der Waals surface area (Å²) in [5.74, 6) is 0.385. The highest BCUT2D eigenvalue weighted by Crippen LogP contribution is 2.23. The number of benzene rings is 1. The number of aromatic nitrogens is 2. The number of nitrogen functional groups attached to an aromatic ring is 1. The van der Waals surface area contributed by atoms with E-state index in [9.17, 15) is 5.11 Å². The zero-order valence-corrected chi connectivity index (χ0v) is 11.9. The fraction of sp³-hybridized carbons (Fsp3) is 0.375. The third-order valence-corrected chi connectivity index (χ3v) is 3.61. The van der Waals surface area contributed by atoms with Crippen LogP contribution in [0, 0.1) is 11.3 Å². The minimum atomic E-state index is 0.0285. The van der Waals surface area contributed by atoms with Crippen molar-refractivity contribution < 1.29 is 5.11 Å². The summed E-state index contributed by atoms with van der Waals surface area (Å²) < 4.78 is 1.67. The van der Waals surface area contributed by atoms with Crippen molar-refractivity contribution in [3.63, 3.8) is 0 Å². The second-order valence-corrected chi connectivity index (χ2v) is 5.04. The topological polar surface area (TPSA) is 87.9 Å². The first-order valence-electron chi connectivity index (χ1n) is 7.14. The second-order valence-electron chi connectivity index (χ2n) is 5.04. The van der Waals surface area contributed by atoms with E-state index < -0.39 is 0 Å². The van der Waals surface area contributed by atoms with E-state index in [0.717, 1.165) is 19.3 Å². The van der Waals surface area contributed by atoms with Gasteiger partial charge in [-0.1, -0.05) is 30.3 Å². The van der Waals surface area contributed by atoms with Crippen molar-refractivity contribution in [1.29, 1.82) is 5.26 Å². The maximum absolute atomic E-state index is 9.22. The molecular weight excluding hydrogens is 264 g/mol. The van der Waals surface area contributed by atoms with E-state index in [4.69, 9.17) is 11.0 Å². The molecule has 1 aromatic heterocycles. The van der Waals surface area contributed by atoms with E-state index in [1.807, 2.05) is 24.3 Å². The monoisotopic (exact) mass is 284 g/mol. The van der Waals surface area contributed by atoms with Crippen LogP contribution in [0.5, 0.6) is 0 Å². The molecular formula is C16H20N4O. The summed E-state index contributed by atoms with van der Waals surface area (Å²) in [6.07, 6.45) is 4.90. The molecule has 1 aromatic carbocycles. The Morgan fingerprint density at radius 3 is 2.67 bits per heavy atom. The van der Waals surface area contributed by atoms with Crippen molar-refractivity contribution in [2.75, 3.05) is 12.3 Å². The van der Waals surface area contributed by atoms with Gasteiger partial charge in [-0.3, -0.25) is 0 Å². The van der Waals surface area contributed by atoms with Gasteiger partial charge in [0.1, 0.15) is 17.5 Å². The van der Waals surface area contributed by atoms with Crippen LogP contribution >= 0.6 is 0 Å². The molecule has 0 bridgehead atoms. The number of hydrogen-bond donors (Lipinski definition) is 2. The van der Waals surface area contributed by atoms with Gasteiger partial charge in [-0.15, -0.1) is 0 Å². The lowest BCUT2D eigenvalue weighted by molar-refractivity contribution is 0.245. The Morgan fingerprint density at radius 1 is 1.29 bits per heavy atom. The number of nitrogens with two attached hydrogens (primary N) is 1. The number of nitrogens with zero attached hydrogens (tertiary/aromatic N) is 3. The zero-order valence-electron chi connectivity index (χ0n) is 11.9. The first kappa shape index (κ1) is 15.1. The molecule has 0 aliphatic heterocycles. The van der Waals surface area contributed by atoms with Gasteiger partial charge in [0, 0.05) is 6.61 Å². The summed E-state index contributed by atoms with van der Waals surface area (Å²) in [4.78, 5) is 0.